The summed E-state index contributed by atoms with van der Waals surface area (Å²) in [6.45, 7) is 2.43. The predicted octanol–water partition coefficient (Wildman–Crippen LogP) is 1.98. The Kier molecular flexibility index (Phi) is 10.9. The van der Waals surface area contributed by atoms with Crippen LogP contribution in [0.15, 0.2) is 0 Å². The Labute approximate surface area is 101 Å². The van der Waals surface area contributed by atoms with E-state index in [1.54, 1.807) is 14.0 Å². The zero-order valence-corrected chi connectivity index (χ0v) is 10.4. The summed E-state index contributed by atoms with van der Waals surface area (Å²) >= 11 is 5.55. The lowest BCUT2D eigenvalue weighted by molar-refractivity contribution is -0.0780. The van der Waals surface area contributed by atoms with Crippen LogP contribution in [0.2, 0.25) is 0 Å². The molecule has 0 saturated heterocycles. The van der Waals surface area contributed by atoms with Crippen LogP contribution in [0.1, 0.15) is 13.3 Å². The molecule has 0 bridgehead atoms. The predicted molar refractivity (Wildman–Crippen MR) is 61.3 cm³/mol. The SMILES string of the molecule is COCCOCOC(C)C#CC[C@@H](Cl)CF. The van der Waals surface area contributed by atoms with Crippen molar-refractivity contribution in [2.24, 2.45) is 0 Å². The zero-order valence-electron chi connectivity index (χ0n) is 9.67. The first kappa shape index (κ1) is 15.7. The Morgan fingerprint density at radius 1 is 1.38 bits per heavy atom. The summed E-state index contributed by atoms with van der Waals surface area (Å²) in [5.41, 5.74) is 0. The van der Waals surface area contributed by atoms with Crippen molar-refractivity contribution in [3.05, 3.63) is 0 Å². The molecule has 0 aromatic rings. The Hall–Kier alpha value is -0.340. The Morgan fingerprint density at radius 3 is 2.75 bits per heavy atom. The third kappa shape index (κ3) is 10.2. The van der Waals surface area contributed by atoms with Crippen molar-refractivity contribution >= 4 is 11.6 Å². The van der Waals surface area contributed by atoms with Gasteiger partial charge >= 0.3 is 0 Å². The molecule has 0 aromatic carbocycles. The van der Waals surface area contributed by atoms with Gasteiger partial charge in [0.15, 0.2) is 0 Å². The van der Waals surface area contributed by atoms with Gasteiger partial charge in [0, 0.05) is 13.5 Å². The fraction of sp³-hybridized carbons (Fsp3) is 0.818. The molecule has 0 saturated carbocycles. The molecule has 0 radical (unpaired) electrons. The lowest BCUT2D eigenvalue weighted by atomic mass is 10.3. The molecule has 0 aliphatic carbocycles. The van der Waals surface area contributed by atoms with Gasteiger partial charge in [0.2, 0.25) is 0 Å². The lowest BCUT2D eigenvalue weighted by Gasteiger charge is -2.07. The van der Waals surface area contributed by atoms with Crippen LogP contribution in [-0.4, -0.2) is 45.3 Å². The third-order valence-corrected chi connectivity index (χ3v) is 1.90. The molecule has 0 N–H and O–H groups in total. The molecule has 0 heterocycles. The van der Waals surface area contributed by atoms with Crippen molar-refractivity contribution in [1.29, 1.82) is 0 Å². The second-order valence-electron chi connectivity index (χ2n) is 3.10. The highest BCUT2D eigenvalue weighted by Crippen LogP contribution is 2.01. The molecule has 0 aliphatic heterocycles. The topological polar surface area (TPSA) is 27.7 Å². The molecular formula is C11H18ClFO3. The molecule has 2 atom stereocenters. The van der Waals surface area contributed by atoms with Crippen molar-refractivity contribution in [1.82, 2.24) is 0 Å². The molecule has 16 heavy (non-hydrogen) atoms. The van der Waals surface area contributed by atoms with E-state index in [1.807, 2.05) is 0 Å². The van der Waals surface area contributed by atoms with Crippen LogP contribution in [0, 0.1) is 11.8 Å². The summed E-state index contributed by atoms with van der Waals surface area (Å²) in [4.78, 5) is 0. The van der Waals surface area contributed by atoms with Crippen LogP contribution in [0.3, 0.4) is 0 Å². The first-order chi connectivity index (χ1) is 7.70. The first-order valence-electron chi connectivity index (χ1n) is 5.07. The summed E-state index contributed by atoms with van der Waals surface area (Å²) < 4.78 is 27.1. The number of halogens is 2. The molecule has 0 aliphatic rings. The van der Waals surface area contributed by atoms with E-state index in [-0.39, 0.29) is 12.9 Å². The molecule has 0 spiro atoms. The molecule has 3 nitrogen and oxygen atoms in total. The summed E-state index contributed by atoms with van der Waals surface area (Å²) in [5, 5.41) is -0.530. The number of ether oxygens (including phenoxy) is 3. The number of methoxy groups -OCH3 is 1. The van der Waals surface area contributed by atoms with Crippen LogP contribution in [-0.2, 0) is 14.2 Å². The second kappa shape index (κ2) is 11.2. The quantitative estimate of drug-likeness (QED) is 0.286. The average molecular weight is 253 g/mol. The van der Waals surface area contributed by atoms with Crippen molar-refractivity contribution in [3.8, 4) is 11.8 Å². The van der Waals surface area contributed by atoms with Crippen LogP contribution in [0.25, 0.3) is 0 Å². The minimum atomic E-state index is -0.564. The molecule has 0 amide bonds. The molecule has 0 fully saturated rings. The maximum absolute atomic E-state index is 12.0. The largest absolute Gasteiger partial charge is 0.382 e. The van der Waals surface area contributed by atoms with Gasteiger partial charge in [-0.25, -0.2) is 4.39 Å². The molecule has 1 unspecified atom stereocenters. The van der Waals surface area contributed by atoms with Crippen LogP contribution in [0.5, 0.6) is 0 Å². The zero-order chi connectivity index (χ0) is 12.2. The third-order valence-electron chi connectivity index (χ3n) is 1.63. The van der Waals surface area contributed by atoms with Gasteiger partial charge in [-0.05, 0) is 6.92 Å². The Morgan fingerprint density at radius 2 is 2.12 bits per heavy atom. The van der Waals surface area contributed by atoms with Crippen LogP contribution < -0.4 is 0 Å². The average Bonchev–Trinajstić information content (AvgIpc) is 2.28. The van der Waals surface area contributed by atoms with Gasteiger partial charge in [-0.3, -0.25) is 0 Å². The van der Waals surface area contributed by atoms with E-state index < -0.39 is 12.1 Å². The standard InChI is InChI=1S/C11H18ClFO3/c1-10(4-3-5-11(12)8-13)16-9-15-7-6-14-2/h10-11H,5-9H2,1-2H3/t10?,11-/m1/s1. The molecule has 94 valence electrons. The molecule has 0 aromatic heterocycles. The van der Waals surface area contributed by atoms with Gasteiger partial charge in [-0.2, -0.15) is 0 Å². The van der Waals surface area contributed by atoms with Gasteiger partial charge in [-0.15, -0.1) is 11.6 Å². The fourth-order valence-corrected chi connectivity index (χ4v) is 0.838. The van der Waals surface area contributed by atoms with E-state index in [0.29, 0.717) is 19.6 Å². The van der Waals surface area contributed by atoms with Gasteiger partial charge in [-0.1, -0.05) is 11.8 Å². The van der Waals surface area contributed by atoms with E-state index in [1.165, 1.54) is 0 Å². The number of hydrogen-bond acceptors (Lipinski definition) is 3. The van der Waals surface area contributed by atoms with E-state index >= 15 is 0 Å². The normalized spacial score (nSPS) is 14.0. The van der Waals surface area contributed by atoms with E-state index in [4.69, 9.17) is 25.8 Å². The highest BCUT2D eigenvalue weighted by molar-refractivity contribution is 6.20. The molecular weight excluding hydrogens is 235 g/mol. The summed E-state index contributed by atoms with van der Waals surface area (Å²) in [6, 6.07) is 0. The number of rotatable bonds is 8. The number of hydrogen-bond donors (Lipinski definition) is 0. The fourth-order valence-electron chi connectivity index (χ4n) is 0.761. The summed E-state index contributed by atoms with van der Waals surface area (Å²) in [7, 11) is 1.60. The van der Waals surface area contributed by atoms with Gasteiger partial charge < -0.3 is 14.2 Å². The second-order valence-corrected chi connectivity index (χ2v) is 3.72. The van der Waals surface area contributed by atoms with Gasteiger partial charge in [0.25, 0.3) is 0 Å². The van der Waals surface area contributed by atoms with Gasteiger partial charge in [0.05, 0.1) is 18.6 Å². The lowest BCUT2D eigenvalue weighted by Crippen LogP contribution is -2.11. The van der Waals surface area contributed by atoms with Gasteiger partial charge in [0.1, 0.15) is 19.6 Å². The summed E-state index contributed by atoms with van der Waals surface area (Å²) in [5.74, 6) is 5.56. The van der Waals surface area contributed by atoms with Crippen LogP contribution >= 0.6 is 11.6 Å². The van der Waals surface area contributed by atoms with E-state index in [9.17, 15) is 4.39 Å². The smallest absolute Gasteiger partial charge is 0.148 e. The monoisotopic (exact) mass is 252 g/mol. The van der Waals surface area contributed by atoms with E-state index in [2.05, 4.69) is 11.8 Å². The minimum Gasteiger partial charge on any atom is -0.382 e. The maximum Gasteiger partial charge on any atom is 0.148 e. The maximum atomic E-state index is 12.0. The number of alkyl halides is 2. The molecule has 5 heteroatoms. The van der Waals surface area contributed by atoms with E-state index in [0.717, 1.165) is 0 Å². The Balaban J connectivity index is 3.46. The van der Waals surface area contributed by atoms with Crippen molar-refractivity contribution in [2.75, 3.05) is 33.8 Å². The van der Waals surface area contributed by atoms with Crippen LogP contribution in [0.4, 0.5) is 4.39 Å². The summed E-state index contributed by atoms with van der Waals surface area (Å²) in [6.07, 6.45) is 0.0852. The highest BCUT2D eigenvalue weighted by atomic mass is 35.5. The first-order valence-corrected chi connectivity index (χ1v) is 5.51. The minimum absolute atomic E-state index is 0.173. The highest BCUT2D eigenvalue weighted by Gasteiger charge is 2.00. The Bertz CT molecular complexity index is 215. The van der Waals surface area contributed by atoms with Crippen molar-refractivity contribution < 1.29 is 18.6 Å². The van der Waals surface area contributed by atoms with Crippen molar-refractivity contribution in [3.63, 3.8) is 0 Å². The van der Waals surface area contributed by atoms with Crippen molar-refractivity contribution in [2.45, 2.75) is 24.8 Å². The molecule has 0 rings (SSSR count).